The van der Waals surface area contributed by atoms with E-state index in [1.807, 2.05) is 30.5 Å². The molecule has 4 saturated carbocycles. The number of hydrogen-bond acceptors (Lipinski definition) is 5. The fraction of sp³-hybridized carbons (Fsp3) is 0.500. The van der Waals surface area contributed by atoms with Crippen molar-refractivity contribution in [1.29, 1.82) is 0 Å². The van der Waals surface area contributed by atoms with Crippen LogP contribution in [0.1, 0.15) is 51.0 Å². The van der Waals surface area contributed by atoms with Gasteiger partial charge in [0.1, 0.15) is 29.5 Å². The van der Waals surface area contributed by atoms with E-state index < -0.39 is 35.7 Å². The van der Waals surface area contributed by atoms with Crippen molar-refractivity contribution < 1.29 is 29.0 Å². The first-order chi connectivity index (χ1) is 21.1. The van der Waals surface area contributed by atoms with Crippen LogP contribution in [0.15, 0.2) is 54.7 Å². The number of ether oxygens (including phenoxy) is 2. The zero-order valence-electron chi connectivity index (χ0n) is 24.7. The Morgan fingerprint density at radius 3 is 2.36 bits per heavy atom. The van der Waals surface area contributed by atoms with Crippen LogP contribution < -0.4 is 10.1 Å². The van der Waals surface area contributed by atoms with Gasteiger partial charge in [-0.2, -0.15) is 0 Å². The molecule has 5 fully saturated rings. The third-order valence-corrected chi connectivity index (χ3v) is 10.6. The number of hydrogen-bond donors (Lipinski definition) is 3. The number of likely N-dealkylation sites (tertiary alicyclic amines) is 1. The van der Waals surface area contributed by atoms with Gasteiger partial charge in [0.2, 0.25) is 5.91 Å². The number of aromatic amines is 1. The predicted octanol–water partition coefficient (Wildman–Crippen LogP) is 5.81. The number of carboxylic acids is 1. The molecule has 5 aliphatic rings. The summed E-state index contributed by atoms with van der Waals surface area (Å²) in [5.74, 6) is 1.14. The van der Waals surface area contributed by atoms with Crippen LogP contribution >= 0.6 is 11.6 Å². The van der Waals surface area contributed by atoms with E-state index >= 15 is 0 Å². The fourth-order valence-corrected chi connectivity index (χ4v) is 8.77. The first-order valence-electron chi connectivity index (χ1n) is 15.6. The van der Waals surface area contributed by atoms with Gasteiger partial charge < -0.3 is 29.8 Å². The zero-order chi connectivity index (χ0) is 30.6. The summed E-state index contributed by atoms with van der Waals surface area (Å²) in [7, 11) is 0. The highest BCUT2D eigenvalue weighted by molar-refractivity contribution is 6.30. The van der Waals surface area contributed by atoms with Crippen molar-refractivity contribution in [3.63, 3.8) is 0 Å². The molecular weight excluding hydrogens is 582 g/mol. The Bertz CT molecular complexity index is 1540. The molecule has 44 heavy (non-hydrogen) atoms. The SMILES string of the molecule is CC(Cc1c[nH]c2ccccc12)(NC(=O)OC1C2CC3CC(C2)CC1C3)C(=O)N1CC(Oc2ccc(Cl)cc2)CC1C(=O)O. The molecule has 0 spiro atoms. The topological polar surface area (TPSA) is 121 Å². The Kier molecular flexibility index (Phi) is 7.47. The molecule has 3 atom stereocenters. The Balaban J connectivity index is 1.14. The number of aliphatic carboxylic acids is 1. The van der Waals surface area contributed by atoms with E-state index in [0.717, 1.165) is 54.0 Å². The van der Waals surface area contributed by atoms with Gasteiger partial charge in [0, 0.05) is 35.0 Å². The number of rotatable bonds is 8. The highest BCUT2D eigenvalue weighted by Crippen LogP contribution is 2.54. The number of nitrogens with one attached hydrogen (secondary N) is 2. The molecule has 0 radical (unpaired) electrons. The maximum Gasteiger partial charge on any atom is 0.408 e. The number of carbonyl (C=O) groups excluding carboxylic acids is 2. The molecule has 9 nitrogen and oxygen atoms in total. The van der Waals surface area contributed by atoms with Crippen LogP contribution in [-0.2, 0) is 20.7 Å². The van der Waals surface area contributed by atoms with E-state index in [0.29, 0.717) is 22.6 Å². The van der Waals surface area contributed by atoms with Crippen molar-refractivity contribution in [3.8, 4) is 5.75 Å². The van der Waals surface area contributed by atoms with Crippen LogP contribution in [-0.4, -0.2) is 63.3 Å². The van der Waals surface area contributed by atoms with Crippen molar-refractivity contribution in [2.45, 2.75) is 75.7 Å². The van der Waals surface area contributed by atoms with Gasteiger partial charge in [-0.3, -0.25) is 4.79 Å². The number of alkyl carbamates (subject to hydrolysis) is 1. The second kappa shape index (κ2) is 11.3. The van der Waals surface area contributed by atoms with Gasteiger partial charge in [0.25, 0.3) is 0 Å². The molecule has 2 aromatic carbocycles. The first-order valence-corrected chi connectivity index (χ1v) is 16.0. The van der Waals surface area contributed by atoms with Gasteiger partial charge in [-0.15, -0.1) is 0 Å². The minimum absolute atomic E-state index is 0.0637. The quantitative estimate of drug-likeness (QED) is 0.293. The van der Waals surface area contributed by atoms with Gasteiger partial charge >= 0.3 is 12.1 Å². The number of fused-ring (bicyclic) bond motifs is 1. The van der Waals surface area contributed by atoms with Crippen LogP contribution in [0, 0.1) is 23.7 Å². The lowest BCUT2D eigenvalue weighted by molar-refractivity contribution is -0.151. The molecule has 4 aliphatic carbocycles. The number of carbonyl (C=O) groups is 3. The third-order valence-electron chi connectivity index (χ3n) is 10.4. The molecule has 3 aromatic rings. The number of carboxylic acid groups (broad SMARTS) is 1. The van der Waals surface area contributed by atoms with Crippen molar-refractivity contribution in [2.24, 2.45) is 23.7 Å². The van der Waals surface area contributed by atoms with Crippen LogP contribution in [0.3, 0.4) is 0 Å². The van der Waals surface area contributed by atoms with Gasteiger partial charge in [-0.1, -0.05) is 29.8 Å². The number of para-hydroxylation sites is 1. The van der Waals surface area contributed by atoms with Crippen molar-refractivity contribution in [1.82, 2.24) is 15.2 Å². The Morgan fingerprint density at radius 2 is 1.68 bits per heavy atom. The van der Waals surface area contributed by atoms with Gasteiger partial charge in [-0.25, -0.2) is 9.59 Å². The molecule has 3 N–H and O–H groups in total. The minimum atomic E-state index is -1.48. The molecule has 2 heterocycles. The molecule has 1 saturated heterocycles. The largest absolute Gasteiger partial charge is 0.488 e. The molecule has 232 valence electrons. The Labute approximate surface area is 261 Å². The van der Waals surface area contributed by atoms with Gasteiger partial charge in [0.05, 0.1) is 6.54 Å². The number of nitrogens with zero attached hydrogens (tertiary/aromatic N) is 1. The fourth-order valence-electron chi connectivity index (χ4n) is 8.64. The van der Waals surface area contributed by atoms with E-state index in [-0.39, 0.29) is 25.5 Å². The second-order valence-electron chi connectivity index (χ2n) is 13.5. The number of H-pyrrole nitrogens is 1. The maximum absolute atomic E-state index is 14.5. The smallest absolute Gasteiger partial charge is 0.408 e. The average molecular weight is 620 g/mol. The summed E-state index contributed by atoms with van der Waals surface area (Å²) in [6.07, 6.45) is 6.47. The molecule has 1 aromatic heterocycles. The summed E-state index contributed by atoms with van der Waals surface area (Å²) in [4.78, 5) is 45.1. The molecular formula is C34H38ClN3O6. The number of benzene rings is 2. The van der Waals surface area contributed by atoms with Crippen LogP contribution in [0.5, 0.6) is 5.75 Å². The Hall–Kier alpha value is -3.72. The summed E-state index contributed by atoms with van der Waals surface area (Å²) < 4.78 is 12.2. The lowest BCUT2D eigenvalue weighted by atomic mass is 9.55. The molecule has 8 rings (SSSR count). The highest BCUT2D eigenvalue weighted by Gasteiger charge is 2.51. The first kappa shape index (κ1) is 29.0. The highest BCUT2D eigenvalue weighted by atomic mass is 35.5. The van der Waals surface area contributed by atoms with E-state index in [1.54, 1.807) is 31.2 Å². The van der Waals surface area contributed by atoms with Crippen LogP contribution in [0.2, 0.25) is 5.02 Å². The van der Waals surface area contributed by atoms with Crippen LogP contribution in [0.25, 0.3) is 10.9 Å². The van der Waals surface area contributed by atoms with E-state index in [9.17, 15) is 19.5 Å². The molecule has 3 unspecified atom stereocenters. The predicted molar refractivity (Wildman–Crippen MR) is 164 cm³/mol. The van der Waals surface area contributed by atoms with E-state index in [4.69, 9.17) is 21.1 Å². The Morgan fingerprint density at radius 1 is 1.00 bits per heavy atom. The van der Waals surface area contributed by atoms with Crippen molar-refractivity contribution >= 4 is 40.5 Å². The lowest BCUT2D eigenvalue weighted by Crippen LogP contribution is -2.61. The summed E-state index contributed by atoms with van der Waals surface area (Å²) in [6, 6.07) is 13.5. The monoisotopic (exact) mass is 619 g/mol. The zero-order valence-corrected chi connectivity index (χ0v) is 25.5. The summed E-state index contributed by atoms with van der Waals surface area (Å²) >= 11 is 6.01. The standard InChI is InChI=1S/C34H38ClN3O6/c1-34(16-23-17-36-28-5-3-2-4-27(23)28,37-33(42)44-30-21-11-19-10-20(13-21)14-22(30)12-19)32(41)38-18-26(15-29(38)31(39)40)43-25-8-6-24(35)7-9-25/h2-9,17,19-22,26,29-30,36H,10-16,18H2,1H3,(H,37,42)(H,39,40). The van der Waals surface area contributed by atoms with E-state index in [1.165, 1.54) is 11.3 Å². The molecule has 1 aliphatic heterocycles. The summed E-state index contributed by atoms with van der Waals surface area (Å²) in [5, 5.41) is 14.6. The minimum Gasteiger partial charge on any atom is -0.488 e. The normalized spacial score (nSPS) is 30.2. The third kappa shape index (κ3) is 5.51. The molecule has 4 bridgehead atoms. The van der Waals surface area contributed by atoms with Gasteiger partial charge in [-0.05, 0) is 98.6 Å². The number of aromatic nitrogens is 1. The summed E-state index contributed by atoms with van der Waals surface area (Å²) in [5.41, 5.74) is 0.275. The van der Waals surface area contributed by atoms with Crippen molar-refractivity contribution in [3.05, 3.63) is 65.3 Å². The number of halogens is 1. The van der Waals surface area contributed by atoms with Crippen molar-refractivity contribution in [2.75, 3.05) is 6.54 Å². The average Bonchev–Trinajstić information content (AvgIpc) is 3.60. The summed E-state index contributed by atoms with van der Waals surface area (Å²) in [6.45, 7) is 1.73. The van der Waals surface area contributed by atoms with Crippen LogP contribution in [0.4, 0.5) is 4.79 Å². The van der Waals surface area contributed by atoms with Gasteiger partial charge in [0.15, 0.2) is 0 Å². The van der Waals surface area contributed by atoms with E-state index in [2.05, 4.69) is 10.3 Å². The molecule has 2 amide bonds. The maximum atomic E-state index is 14.5. The number of amides is 2. The second-order valence-corrected chi connectivity index (χ2v) is 14.0. The lowest BCUT2D eigenvalue weighted by Gasteiger charge is -2.53. The molecule has 10 heteroatoms.